The van der Waals surface area contributed by atoms with E-state index in [0.29, 0.717) is 44.2 Å². The number of nitrogens with one attached hydrogen (secondary N) is 1. The third kappa shape index (κ3) is 5.12. The number of nitrogens with zero attached hydrogens (tertiary/aromatic N) is 2. The molecule has 1 heterocycles. The summed E-state index contributed by atoms with van der Waals surface area (Å²) < 4.78 is 41.2. The summed E-state index contributed by atoms with van der Waals surface area (Å²) in [5.41, 5.74) is 0.563. The van der Waals surface area contributed by atoms with Gasteiger partial charge in [0.15, 0.2) is 0 Å². The molecule has 1 aliphatic heterocycles. The van der Waals surface area contributed by atoms with Crippen LogP contribution in [-0.2, 0) is 10.0 Å². The molecule has 8 heteroatoms. The van der Waals surface area contributed by atoms with E-state index in [4.69, 9.17) is 0 Å². The van der Waals surface area contributed by atoms with Crippen LogP contribution in [0, 0.1) is 18.7 Å². The van der Waals surface area contributed by atoms with Crippen molar-refractivity contribution in [2.75, 3.05) is 38.5 Å². The van der Waals surface area contributed by atoms with Gasteiger partial charge in [-0.2, -0.15) is 4.31 Å². The fourth-order valence-corrected chi connectivity index (χ4v) is 7.06. The van der Waals surface area contributed by atoms with Gasteiger partial charge in [-0.25, -0.2) is 12.8 Å². The second-order valence-corrected chi connectivity index (χ2v) is 11.5. The van der Waals surface area contributed by atoms with Crippen LogP contribution < -0.4 is 5.32 Å². The highest BCUT2D eigenvalue weighted by Crippen LogP contribution is 2.35. The summed E-state index contributed by atoms with van der Waals surface area (Å²) in [6.07, 6.45) is 7.37. The molecule has 4 rings (SSSR count). The Balaban J connectivity index is 1.42. The minimum atomic E-state index is -3.17. The molecule has 1 aromatic rings. The van der Waals surface area contributed by atoms with E-state index in [0.717, 1.165) is 38.5 Å². The first kappa shape index (κ1) is 22.7. The largest absolute Gasteiger partial charge is 0.350 e. The Bertz CT molecular complexity index is 882. The molecule has 0 atom stereocenters. The molecule has 0 bridgehead atoms. The number of carbonyl (C=O) groups is 1. The maximum Gasteiger partial charge on any atom is 0.254 e. The summed E-state index contributed by atoms with van der Waals surface area (Å²) in [4.78, 5) is 15.2. The van der Waals surface area contributed by atoms with Crippen molar-refractivity contribution in [1.82, 2.24) is 14.5 Å². The predicted octanol–water partition coefficient (Wildman–Crippen LogP) is 2.92. The quantitative estimate of drug-likeness (QED) is 0.692. The summed E-state index contributed by atoms with van der Waals surface area (Å²) in [7, 11) is -3.17. The molecule has 31 heavy (non-hydrogen) atoms. The summed E-state index contributed by atoms with van der Waals surface area (Å²) in [5, 5.41) is 3.01. The highest BCUT2D eigenvalue weighted by atomic mass is 32.2. The summed E-state index contributed by atoms with van der Waals surface area (Å²) in [6, 6.07) is 4.68. The van der Waals surface area contributed by atoms with Crippen molar-refractivity contribution in [1.29, 1.82) is 0 Å². The molecular weight excluding hydrogens is 417 g/mol. The molecule has 2 aliphatic carbocycles. The Morgan fingerprint density at radius 3 is 2.42 bits per heavy atom. The van der Waals surface area contributed by atoms with Gasteiger partial charge >= 0.3 is 0 Å². The van der Waals surface area contributed by atoms with E-state index in [9.17, 15) is 17.6 Å². The predicted molar refractivity (Wildman–Crippen MR) is 119 cm³/mol. The summed E-state index contributed by atoms with van der Waals surface area (Å²) in [5.74, 6) is -0.225. The van der Waals surface area contributed by atoms with Gasteiger partial charge in [-0.1, -0.05) is 31.4 Å². The van der Waals surface area contributed by atoms with E-state index in [2.05, 4.69) is 10.2 Å². The molecule has 6 nitrogen and oxygen atoms in total. The number of amides is 1. The number of hydrogen-bond donors (Lipinski definition) is 1. The van der Waals surface area contributed by atoms with Crippen LogP contribution in [0.2, 0.25) is 0 Å². The smallest absolute Gasteiger partial charge is 0.254 e. The molecule has 0 spiro atoms. The van der Waals surface area contributed by atoms with Gasteiger partial charge in [0.2, 0.25) is 10.0 Å². The molecular formula is C23H34FN3O3S. The Labute approximate surface area is 185 Å². The number of aryl methyl sites for hydroxylation is 1. The second kappa shape index (κ2) is 9.16. The van der Waals surface area contributed by atoms with Gasteiger partial charge in [-0.05, 0) is 50.2 Å². The lowest BCUT2D eigenvalue weighted by molar-refractivity contribution is 0.0239. The summed E-state index contributed by atoms with van der Waals surface area (Å²) >= 11 is 0. The van der Waals surface area contributed by atoms with Gasteiger partial charge in [0.25, 0.3) is 5.91 Å². The molecule has 1 aromatic carbocycles. The average molecular weight is 452 g/mol. The molecule has 2 saturated carbocycles. The molecule has 3 aliphatic rings. The zero-order valence-electron chi connectivity index (χ0n) is 18.4. The number of halogens is 1. The highest BCUT2D eigenvalue weighted by Gasteiger charge is 2.42. The van der Waals surface area contributed by atoms with Crippen LogP contribution in [0.25, 0.3) is 0 Å². The van der Waals surface area contributed by atoms with Crippen LogP contribution in [0.5, 0.6) is 0 Å². The number of benzene rings is 1. The fraction of sp³-hybridized carbons (Fsp3) is 0.696. The van der Waals surface area contributed by atoms with Crippen LogP contribution in [0.4, 0.5) is 4.39 Å². The lowest BCUT2D eigenvalue weighted by atomic mass is 9.79. The van der Waals surface area contributed by atoms with Crippen LogP contribution in [-0.4, -0.2) is 67.5 Å². The van der Waals surface area contributed by atoms with Gasteiger partial charge in [-0.3, -0.25) is 9.69 Å². The van der Waals surface area contributed by atoms with Crippen molar-refractivity contribution in [3.63, 3.8) is 0 Å². The Hall–Kier alpha value is -1.51. The van der Waals surface area contributed by atoms with Gasteiger partial charge in [-0.15, -0.1) is 0 Å². The lowest BCUT2D eigenvalue weighted by Crippen LogP contribution is -2.62. The first-order chi connectivity index (χ1) is 14.8. The fourth-order valence-electron chi connectivity index (χ4n) is 5.20. The van der Waals surface area contributed by atoms with Crippen LogP contribution in [0.1, 0.15) is 60.9 Å². The summed E-state index contributed by atoms with van der Waals surface area (Å²) in [6.45, 7) is 4.59. The minimum Gasteiger partial charge on any atom is -0.350 e. The lowest BCUT2D eigenvalue weighted by Gasteiger charge is -2.49. The van der Waals surface area contributed by atoms with E-state index in [-0.39, 0.29) is 22.8 Å². The SMILES string of the molecule is Cc1cccc(F)c1C(=O)NCC1(N2CCN(S(=O)(=O)CC3CC3)CC2)CCCCC1. The van der Waals surface area contributed by atoms with E-state index >= 15 is 0 Å². The van der Waals surface area contributed by atoms with E-state index < -0.39 is 15.8 Å². The van der Waals surface area contributed by atoms with Gasteiger partial charge < -0.3 is 5.32 Å². The van der Waals surface area contributed by atoms with E-state index in [1.54, 1.807) is 23.4 Å². The van der Waals surface area contributed by atoms with Crippen molar-refractivity contribution in [2.45, 2.75) is 57.4 Å². The normalized spacial score (nSPS) is 22.9. The first-order valence-electron chi connectivity index (χ1n) is 11.6. The maximum absolute atomic E-state index is 14.2. The zero-order chi connectivity index (χ0) is 22.1. The molecule has 0 unspecified atom stereocenters. The van der Waals surface area contributed by atoms with Crippen molar-refractivity contribution in [3.05, 3.63) is 35.1 Å². The van der Waals surface area contributed by atoms with Crippen LogP contribution >= 0.6 is 0 Å². The Morgan fingerprint density at radius 1 is 1.13 bits per heavy atom. The average Bonchev–Trinajstić information content (AvgIpc) is 3.56. The number of piperazine rings is 1. The molecule has 0 aromatic heterocycles. The first-order valence-corrected chi connectivity index (χ1v) is 13.2. The van der Waals surface area contributed by atoms with Gasteiger partial charge in [0, 0.05) is 38.3 Å². The standard InChI is InChI=1S/C23H34FN3O3S/c1-18-6-5-7-20(24)21(18)22(28)25-17-23(10-3-2-4-11-23)26-12-14-27(15-13-26)31(29,30)16-19-8-9-19/h5-7,19H,2-4,8-17H2,1H3,(H,25,28). The third-order valence-corrected chi connectivity index (χ3v) is 9.30. The molecule has 1 N–H and O–H groups in total. The number of hydrogen-bond acceptors (Lipinski definition) is 4. The number of carbonyl (C=O) groups excluding carboxylic acids is 1. The Morgan fingerprint density at radius 2 is 1.81 bits per heavy atom. The van der Waals surface area contributed by atoms with Gasteiger partial charge in [0.1, 0.15) is 5.82 Å². The molecule has 3 fully saturated rings. The topological polar surface area (TPSA) is 69.7 Å². The monoisotopic (exact) mass is 451 g/mol. The third-order valence-electron chi connectivity index (χ3n) is 7.26. The van der Waals surface area contributed by atoms with Crippen molar-refractivity contribution in [3.8, 4) is 0 Å². The molecule has 1 saturated heterocycles. The van der Waals surface area contributed by atoms with Gasteiger partial charge in [0.05, 0.1) is 11.3 Å². The van der Waals surface area contributed by atoms with Crippen LogP contribution in [0.3, 0.4) is 0 Å². The van der Waals surface area contributed by atoms with E-state index in [1.165, 1.54) is 12.5 Å². The highest BCUT2D eigenvalue weighted by molar-refractivity contribution is 7.89. The van der Waals surface area contributed by atoms with Crippen LogP contribution in [0.15, 0.2) is 18.2 Å². The maximum atomic E-state index is 14.2. The van der Waals surface area contributed by atoms with Crippen molar-refractivity contribution in [2.24, 2.45) is 5.92 Å². The molecule has 0 radical (unpaired) electrons. The molecule has 1 amide bonds. The number of sulfonamides is 1. The zero-order valence-corrected chi connectivity index (χ0v) is 19.2. The van der Waals surface area contributed by atoms with E-state index in [1.807, 2.05) is 0 Å². The molecule has 172 valence electrons. The van der Waals surface area contributed by atoms with Crippen molar-refractivity contribution < 1.29 is 17.6 Å². The minimum absolute atomic E-state index is 0.115. The Kier molecular flexibility index (Phi) is 6.70. The second-order valence-electron chi connectivity index (χ2n) is 9.51. The number of rotatable bonds is 7. The van der Waals surface area contributed by atoms with Crippen molar-refractivity contribution >= 4 is 15.9 Å².